The Hall–Kier alpha value is -0.440. The molecule has 0 aliphatic heterocycles. The van der Waals surface area contributed by atoms with Crippen molar-refractivity contribution in [1.82, 2.24) is 0 Å². The van der Waals surface area contributed by atoms with Crippen molar-refractivity contribution in [1.29, 1.82) is 0 Å². The fourth-order valence-electron chi connectivity index (χ4n) is 5.41. The van der Waals surface area contributed by atoms with Gasteiger partial charge in [0.05, 0.1) is 36.2 Å². The predicted molar refractivity (Wildman–Crippen MR) is 187 cm³/mol. The van der Waals surface area contributed by atoms with E-state index in [1.807, 2.05) is 0 Å². The van der Waals surface area contributed by atoms with E-state index in [0.29, 0.717) is 0 Å². The van der Waals surface area contributed by atoms with E-state index in [1.54, 1.807) is 55.0 Å². The van der Waals surface area contributed by atoms with E-state index in [0.717, 1.165) is 12.8 Å². The molecule has 5 heteroatoms. The molecule has 0 fully saturated rings. The molecule has 0 saturated heterocycles. The third-order valence-corrected chi connectivity index (χ3v) is 14.6. The number of benzene rings is 1. The zero-order valence-corrected chi connectivity index (χ0v) is 29.9. The molecule has 242 valence electrons. The van der Waals surface area contributed by atoms with E-state index < -0.39 is 17.4 Å². The van der Waals surface area contributed by atoms with Crippen LogP contribution in [0.5, 0.6) is 0 Å². The average Bonchev–Trinajstić information content (AvgIpc) is 2.99. The summed E-state index contributed by atoms with van der Waals surface area (Å²) >= 11 is 0. The molecule has 1 aromatic rings. The summed E-state index contributed by atoms with van der Waals surface area (Å²) in [5.41, 5.74) is 0. The summed E-state index contributed by atoms with van der Waals surface area (Å²) in [6, 6.07) is 8.35. The molecule has 0 unspecified atom stereocenters. The highest BCUT2D eigenvalue weighted by Gasteiger charge is 2.34. The van der Waals surface area contributed by atoms with Crippen LogP contribution in [0, 0.1) is 0 Å². The summed E-state index contributed by atoms with van der Waals surface area (Å²) < 4.78 is 28.9. The van der Waals surface area contributed by atoms with Gasteiger partial charge >= 0.3 is 0 Å². The Bertz CT molecular complexity index is 729. The molecular formula is C36H70O3PS+. The zero-order valence-electron chi connectivity index (χ0n) is 28.1. The molecule has 0 amide bonds. The van der Waals surface area contributed by atoms with E-state index in [1.165, 1.54) is 116 Å². The normalized spacial score (nSPS) is 11.8. The van der Waals surface area contributed by atoms with E-state index in [2.05, 4.69) is 34.6 Å². The van der Waals surface area contributed by atoms with Gasteiger partial charge in [0.2, 0.25) is 0 Å². The van der Waals surface area contributed by atoms with Crippen molar-refractivity contribution in [3.8, 4) is 0 Å². The molecule has 0 saturated carbocycles. The van der Waals surface area contributed by atoms with Gasteiger partial charge in [0.1, 0.15) is 0 Å². The van der Waals surface area contributed by atoms with E-state index in [4.69, 9.17) is 4.18 Å². The number of hydrogen-bond donors (Lipinski definition) is 0. The maximum Gasteiger partial charge on any atom is 0.296 e. The quantitative estimate of drug-likeness (QED) is 0.0563. The van der Waals surface area contributed by atoms with Crippen LogP contribution in [-0.2, 0) is 14.3 Å². The first-order chi connectivity index (χ1) is 19.9. The number of rotatable bonds is 27. The smallest absolute Gasteiger partial charge is 0.266 e. The van der Waals surface area contributed by atoms with Crippen LogP contribution in [0.25, 0.3) is 0 Å². The summed E-state index contributed by atoms with van der Waals surface area (Å²) in [6.07, 6.45) is 33.1. The van der Waals surface area contributed by atoms with E-state index in [-0.39, 0.29) is 11.5 Å². The SMILES string of the molecule is CCCCCCCCCCCCCCOS(=O)(=O)c1ccccc1.CCCC[P+](CCCC)(CCCC)CCCC. The van der Waals surface area contributed by atoms with Gasteiger partial charge in [-0.1, -0.05) is 149 Å². The molecule has 3 nitrogen and oxygen atoms in total. The van der Waals surface area contributed by atoms with Gasteiger partial charge in [0.15, 0.2) is 0 Å². The third-order valence-electron chi connectivity index (χ3n) is 8.21. The summed E-state index contributed by atoms with van der Waals surface area (Å²) in [4.78, 5) is 0.240. The predicted octanol–water partition coefficient (Wildman–Crippen LogP) is 12.3. The van der Waals surface area contributed by atoms with Gasteiger partial charge in [-0.3, -0.25) is 4.18 Å². The fourth-order valence-corrected chi connectivity index (χ4v) is 11.7. The Morgan fingerprint density at radius 2 is 0.829 bits per heavy atom. The van der Waals surface area contributed by atoms with Crippen molar-refractivity contribution < 1.29 is 12.6 Å². The third kappa shape index (κ3) is 22.7. The Morgan fingerprint density at radius 1 is 0.488 bits per heavy atom. The molecule has 0 N–H and O–H groups in total. The maximum atomic E-state index is 11.9. The molecule has 0 aliphatic rings. The van der Waals surface area contributed by atoms with Crippen LogP contribution in [0.1, 0.15) is 163 Å². The van der Waals surface area contributed by atoms with Crippen LogP contribution >= 0.6 is 7.26 Å². The lowest BCUT2D eigenvalue weighted by Crippen LogP contribution is -2.12. The van der Waals surface area contributed by atoms with Crippen molar-refractivity contribution in [3.05, 3.63) is 30.3 Å². The van der Waals surface area contributed by atoms with Gasteiger partial charge in [-0.2, -0.15) is 8.42 Å². The Morgan fingerprint density at radius 3 is 1.20 bits per heavy atom. The van der Waals surface area contributed by atoms with Crippen molar-refractivity contribution in [2.24, 2.45) is 0 Å². The summed E-state index contributed by atoms with van der Waals surface area (Å²) in [5.74, 6) is 0. The van der Waals surface area contributed by atoms with Crippen LogP contribution in [0.15, 0.2) is 35.2 Å². The highest BCUT2D eigenvalue weighted by molar-refractivity contribution is 7.86. The molecule has 0 aliphatic carbocycles. The second kappa shape index (κ2) is 28.3. The zero-order chi connectivity index (χ0) is 30.5. The minimum Gasteiger partial charge on any atom is -0.266 e. The molecule has 0 spiro atoms. The van der Waals surface area contributed by atoms with E-state index >= 15 is 0 Å². The van der Waals surface area contributed by atoms with Crippen molar-refractivity contribution in [2.75, 3.05) is 31.3 Å². The van der Waals surface area contributed by atoms with E-state index in [9.17, 15) is 8.42 Å². The number of hydrogen-bond acceptors (Lipinski definition) is 3. The molecule has 0 radical (unpaired) electrons. The first kappa shape index (κ1) is 40.6. The largest absolute Gasteiger partial charge is 0.296 e. The number of unbranched alkanes of at least 4 members (excludes halogenated alkanes) is 15. The lowest BCUT2D eigenvalue weighted by Gasteiger charge is -2.28. The van der Waals surface area contributed by atoms with Crippen molar-refractivity contribution in [2.45, 2.75) is 168 Å². The second-order valence-corrected chi connectivity index (χ2v) is 18.2. The van der Waals surface area contributed by atoms with Crippen molar-refractivity contribution >= 4 is 17.4 Å². The minimum atomic E-state index is -3.57. The topological polar surface area (TPSA) is 43.4 Å². The Labute approximate surface area is 258 Å². The molecule has 0 bridgehead atoms. The highest BCUT2D eigenvalue weighted by atomic mass is 32.2. The minimum absolute atomic E-state index is 0.240. The molecule has 1 rings (SSSR count). The standard InChI is InChI=1S/C20H34O3S.C16H36P/c1-2-3-4-5-6-7-8-9-10-11-12-16-19-23-24(21,22)20-17-14-13-15-18-20;1-5-9-13-17(14-10-6-2,15-11-7-3)16-12-8-4/h13-15,17-18H,2-12,16,19H2,1H3;5-16H2,1-4H3/q;+1. The van der Waals surface area contributed by atoms with Crippen LogP contribution in [0.3, 0.4) is 0 Å². The van der Waals surface area contributed by atoms with Crippen LogP contribution in [0.4, 0.5) is 0 Å². The van der Waals surface area contributed by atoms with Crippen LogP contribution < -0.4 is 0 Å². The average molecular weight is 614 g/mol. The maximum absolute atomic E-state index is 11.9. The Kier molecular flexibility index (Phi) is 28.0. The second-order valence-electron chi connectivity index (χ2n) is 12.1. The van der Waals surface area contributed by atoms with Crippen LogP contribution in [0.2, 0.25) is 0 Å². The van der Waals surface area contributed by atoms with Gasteiger partial charge in [0.25, 0.3) is 10.1 Å². The van der Waals surface area contributed by atoms with Gasteiger partial charge in [-0.15, -0.1) is 0 Å². The molecule has 0 atom stereocenters. The molecule has 0 aromatic heterocycles. The fraction of sp³-hybridized carbons (Fsp3) is 0.833. The Balaban J connectivity index is 0.000000831. The lowest BCUT2D eigenvalue weighted by molar-refractivity contribution is 0.306. The first-order valence-corrected chi connectivity index (χ1v) is 21.6. The van der Waals surface area contributed by atoms with Gasteiger partial charge in [-0.25, -0.2) is 0 Å². The summed E-state index contributed by atoms with van der Waals surface area (Å²) in [5, 5.41) is 0. The van der Waals surface area contributed by atoms with Gasteiger partial charge in [-0.05, 0) is 44.2 Å². The molecule has 0 heterocycles. The van der Waals surface area contributed by atoms with Gasteiger partial charge < -0.3 is 0 Å². The highest BCUT2D eigenvalue weighted by Crippen LogP contribution is 2.61. The molecule has 1 aromatic carbocycles. The van der Waals surface area contributed by atoms with Crippen molar-refractivity contribution in [3.63, 3.8) is 0 Å². The van der Waals surface area contributed by atoms with Gasteiger partial charge in [0, 0.05) is 7.26 Å². The molecule has 41 heavy (non-hydrogen) atoms. The lowest BCUT2D eigenvalue weighted by atomic mass is 10.1. The molecular weight excluding hydrogens is 543 g/mol. The monoisotopic (exact) mass is 613 g/mol. The summed E-state index contributed by atoms with van der Waals surface area (Å²) in [6.45, 7) is 12.0. The summed E-state index contributed by atoms with van der Waals surface area (Å²) in [7, 11) is -4.14. The first-order valence-electron chi connectivity index (χ1n) is 17.7. The van der Waals surface area contributed by atoms with Crippen LogP contribution in [-0.4, -0.2) is 39.7 Å².